The van der Waals surface area contributed by atoms with Gasteiger partial charge in [-0.1, -0.05) is 17.9 Å². The lowest BCUT2D eigenvalue weighted by atomic mass is 10.1. The third kappa shape index (κ3) is 4.60. The minimum absolute atomic E-state index is 0.392. The summed E-state index contributed by atoms with van der Waals surface area (Å²) in [5.74, 6) is 6.44. The van der Waals surface area contributed by atoms with E-state index in [1.165, 1.54) is 0 Å². The van der Waals surface area contributed by atoms with Crippen LogP contribution in [-0.4, -0.2) is 19.6 Å². The average Bonchev–Trinajstić information content (AvgIpc) is 3.11. The molecule has 1 unspecified atom stereocenters. The van der Waals surface area contributed by atoms with Crippen molar-refractivity contribution in [2.75, 3.05) is 19.0 Å². The zero-order valence-corrected chi connectivity index (χ0v) is 15.2. The number of benzene rings is 1. The number of aryl methyl sites for hydroxylation is 1. The number of primary amides is 1. The fourth-order valence-electron chi connectivity index (χ4n) is 2.65. The molecule has 0 saturated heterocycles. The molecule has 2 aromatic rings. The molecule has 6 nitrogen and oxygen atoms in total. The highest BCUT2D eigenvalue weighted by atomic mass is 16.5. The van der Waals surface area contributed by atoms with E-state index in [1.54, 1.807) is 25.6 Å². The summed E-state index contributed by atoms with van der Waals surface area (Å²) in [5.41, 5.74) is 9.22. The maximum Gasteiger partial charge on any atom is 0.250 e. The molecule has 1 aliphatic rings. The predicted octanol–water partition coefficient (Wildman–Crippen LogP) is 2.60. The van der Waals surface area contributed by atoms with Crippen molar-refractivity contribution < 1.29 is 13.9 Å². The van der Waals surface area contributed by atoms with Gasteiger partial charge in [-0.15, -0.1) is 0 Å². The Hall–Kier alpha value is -3.43. The van der Waals surface area contributed by atoms with Crippen LogP contribution in [0.1, 0.15) is 23.1 Å². The first kappa shape index (κ1) is 18.4. The first-order chi connectivity index (χ1) is 13.1. The van der Waals surface area contributed by atoms with Crippen molar-refractivity contribution in [2.24, 2.45) is 5.73 Å². The number of hydrogen-bond acceptors (Lipinski definition) is 5. The quantitative estimate of drug-likeness (QED) is 0.561. The first-order valence-corrected chi connectivity index (χ1v) is 8.46. The van der Waals surface area contributed by atoms with Gasteiger partial charge in [0.05, 0.1) is 11.8 Å². The van der Waals surface area contributed by atoms with Crippen LogP contribution < -0.4 is 16.4 Å². The van der Waals surface area contributed by atoms with E-state index in [2.05, 4.69) is 22.5 Å². The maximum atomic E-state index is 11.3. The number of hydrogen-bond donors (Lipinski definition) is 3. The van der Waals surface area contributed by atoms with E-state index in [-0.39, 0.29) is 0 Å². The monoisotopic (exact) mass is 363 g/mol. The van der Waals surface area contributed by atoms with Crippen LogP contribution in [0.2, 0.25) is 0 Å². The Balaban J connectivity index is 1.76. The van der Waals surface area contributed by atoms with E-state index in [0.29, 0.717) is 12.1 Å². The van der Waals surface area contributed by atoms with Gasteiger partial charge in [-0.25, -0.2) is 0 Å². The van der Waals surface area contributed by atoms with Gasteiger partial charge in [-0.2, -0.15) is 0 Å². The predicted molar refractivity (Wildman–Crippen MR) is 104 cm³/mol. The van der Waals surface area contributed by atoms with Gasteiger partial charge in [0.2, 0.25) is 5.91 Å². The van der Waals surface area contributed by atoms with Crippen molar-refractivity contribution in [1.29, 1.82) is 0 Å². The number of ether oxygens (including phenoxy) is 1. The van der Waals surface area contributed by atoms with E-state index in [4.69, 9.17) is 14.9 Å². The molecule has 0 spiro atoms. The number of carbonyl (C=O) groups excluding carboxylic acids is 1. The number of dihydropyridines is 1. The van der Waals surface area contributed by atoms with Crippen molar-refractivity contribution in [2.45, 2.75) is 13.2 Å². The van der Waals surface area contributed by atoms with Gasteiger partial charge in [-0.05, 0) is 42.8 Å². The fourth-order valence-corrected chi connectivity index (χ4v) is 2.65. The molecule has 3 rings (SSSR count). The van der Waals surface area contributed by atoms with Crippen LogP contribution in [0.4, 0.5) is 5.69 Å². The van der Waals surface area contributed by atoms with Crippen molar-refractivity contribution >= 4 is 11.6 Å². The van der Waals surface area contributed by atoms with Crippen molar-refractivity contribution in [3.05, 3.63) is 76.9 Å². The van der Waals surface area contributed by atoms with E-state index in [1.807, 2.05) is 37.3 Å². The summed E-state index contributed by atoms with van der Waals surface area (Å²) in [6.07, 6.45) is 4.55. The highest BCUT2D eigenvalue weighted by molar-refractivity contribution is 5.95. The number of methoxy groups -OCH3 is 1. The number of nitrogens with one attached hydrogen (secondary N) is 2. The van der Waals surface area contributed by atoms with Crippen LogP contribution in [0.5, 0.6) is 0 Å². The Labute approximate surface area is 158 Å². The van der Waals surface area contributed by atoms with E-state index in [9.17, 15) is 4.79 Å². The average molecular weight is 363 g/mol. The molecular weight excluding hydrogens is 342 g/mol. The lowest BCUT2D eigenvalue weighted by Crippen LogP contribution is -2.21. The second-order valence-electron chi connectivity index (χ2n) is 6.07. The Morgan fingerprint density at radius 1 is 1.37 bits per heavy atom. The molecule has 1 aromatic heterocycles. The molecule has 0 aliphatic carbocycles. The second kappa shape index (κ2) is 8.30. The molecule has 1 amide bonds. The Morgan fingerprint density at radius 2 is 2.22 bits per heavy atom. The molecule has 1 aromatic carbocycles. The van der Waals surface area contributed by atoms with E-state index < -0.39 is 12.1 Å². The Morgan fingerprint density at radius 3 is 2.93 bits per heavy atom. The number of nitrogens with two attached hydrogens (primary N) is 1. The number of rotatable bonds is 5. The molecule has 0 fully saturated rings. The molecule has 0 saturated carbocycles. The Bertz CT molecular complexity index is 960. The van der Waals surface area contributed by atoms with Crippen LogP contribution in [-0.2, 0) is 9.53 Å². The summed E-state index contributed by atoms with van der Waals surface area (Å²) in [6, 6.07) is 9.59. The fraction of sp³-hybridized carbons (Fsp3) is 0.190. The molecule has 0 bridgehead atoms. The normalized spacial score (nSPS) is 14.1. The zero-order valence-electron chi connectivity index (χ0n) is 15.2. The standard InChI is InChI=1S/C21H21N3O3/c1-14-8-9-27-19(14)21(26-2)24-18-5-3-4-15(11-18)6-7-16-10-17(20(22)25)13-23-12-16/h3-5,8-11,13,21,23-24H,12H2,1-2H3,(H2,22,25). The van der Waals surface area contributed by atoms with Gasteiger partial charge in [0.15, 0.2) is 12.0 Å². The largest absolute Gasteiger partial charge is 0.464 e. The maximum absolute atomic E-state index is 11.3. The topological polar surface area (TPSA) is 89.5 Å². The summed E-state index contributed by atoms with van der Waals surface area (Å²) in [6.45, 7) is 2.53. The lowest BCUT2D eigenvalue weighted by Gasteiger charge is -2.17. The molecular formula is C21H21N3O3. The minimum Gasteiger partial charge on any atom is -0.464 e. The van der Waals surface area contributed by atoms with E-state index >= 15 is 0 Å². The van der Waals surface area contributed by atoms with E-state index in [0.717, 1.165) is 28.1 Å². The molecule has 4 N–H and O–H groups in total. The van der Waals surface area contributed by atoms with Gasteiger partial charge in [-0.3, -0.25) is 4.79 Å². The number of carbonyl (C=O) groups is 1. The number of anilines is 1. The highest BCUT2D eigenvalue weighted by Crippen LogP contribution is 2.24. The van der Waals surface area contributed by atoms with Crippen LogP contribution in [0.25, 0.3) is 0 Å². The van der Waals surface area contributed by atoms with Gasteiger partial charge >= 0.3 is 0 Å². The van der Waals surface area contributed by atoms with Crippen molar-refractivity contribution in [3.63, 3.8) is 0 Å². The molecule has 1 aliphatic heterocycles. The summed E-state index contributed by atoms with van der Waals surface area (Å²) in [5, 5.41) is 6.29. The molecule has 6 heteroatoms. The third-order valence-corrected chi connectivity index (χ3v) is 4.07. The molecule has 138 valence electrons. The molecule has 2 heterocycles. The van der Waals surface area contributed by atoms with Gasteiger partial charge in [0.25, 0.3) is 0 Å². The smallest absolute Gasteiger partial charge is 0.250 e. The summed E-state index contributed by atoms with van der Waals surface area (Å²) < 4.78 is 11.0. The van der Waals surface area contributed by atoms with Gasteiger partial charge in [0, 0.05) is 36.7 Å². The van der Waals surface area contributed by atoms with Gasteiger partial charge in [0.1, 0.15) is 0 Å². The minimum atomic E-state index is -0.480. The van der Waals surface area contributed by atoms with Crippen LogP contribution in [0, 0.1) is 18.8 Å². The SMILES string of the molecule is COC(Nc1cccc(C#CC2=CC(C(N)=O)=CNC2)c1)c1occc1C. The van der Waals surface area contributed by atoms with Crippen LogP contribution in [0.3, 0.4) is 0 Å². The highest BCUT2D eigenvalue weighted by Gasteiger charge is 2.16. The van der Waals surface area contributed by atoms with Gasteiger partial charge < -0.3 is 25.5 Å². The number of furan rings is 1. The summed E-state index contributed by atoms with van der Waals surface area (Å²) >= 11 is 0. The zero-order chi connectivity index (χ0) is 19.2. The van der Waals surface area contributed by atoms with Crippen LogP contribution >= 0.6 is 0 Å². The third-order valence-electron chi connectivity index (χ3n) is 4.07. The summed E-state index contributed by atoms with van der Waals surface area (Å²) in [7, 11) is 1.62. The van der Waals surface area contributed by atoms with Crippen LogP contribution in [0.15, 0.2) is 64.4 Å². The van der Waals surface area contributed by atoms with Crippen molar-refractivity contribution in [1.82, 2.24) is 5.32 Å². The number of amides is 1. The molecule has 0 radical (unpaired) electrons. The Kier molecular flexibility index (Phi) is 5.64. The molecule has 1 atom stereocenters. The molecule has 27 heavy (non-hydrogen) atoms. The first-order valence-electron chi connectivity index (χ1n) is 8.46. The summed E-state index contributed by atoms with van der Waals surface area (Å²) in [4.78, 5) is 11.3. The second-order valence-corrected chi connectivity index (χ2v) is 6.07. The lowest BCUT2D eigenvalue weighted by molar-refractivity contribution is -0.114. The van der Waals surface area contributed by atoms with Crippen molar-refractivity contribution in [3.8, 4) is 11.8 Å².